The molecule has 9 heteroatoms. The number of hydrogen-bond donors (Lipinski definition) is 2. The predicted molar refractivity (Wildman–Crippen MR) is 98.3 cm³/mol. The van der Waals surface area contributed by atoms with Crippen molar-refractivity contribution in [3.8, 4) is 5.75 Å². The van der Waals surface area contributed by atoms with Gasteiger partial charge in [-0.25, -0.2) is 0 Å². The van der Waals surface area contributed by atoms with Gasteiger partial charge in [-0.15, -0.1) is 13.2 Å². The van der Waals surface area contributed by atoms with Crippen LogP contribution in [0.3, 0.4) is 0 Å². The number of amides is 1. The molecule has 2 aliphatic rings. The number of nitrogens with one attached hydrogen (secondary N) is 1. The molecule has 0 radical (unpaired) electrons. The molecule has 6 nitrogen and oxygen atoms in total. The summed E-state index contributed by atoms with van der Waals surface area (Å²) in [5.74, 6) is -0.297. The topological polar surface area (TPSA) is 70.8 Å². The smallest absolute Gasteiger partial charge is 0.406 e. The molecule has 3 rings (SSSR count). The van der Waals surface area contributed by atoms with Crippen LogP contribution in [-0.4, -0.2) is 60.5 Å². The Kier molecular flexibility index (Phi) is 6.47. The number of rotatable bonds is 5. The quantitative estimate of drug-likeness (QED) is 0.792. The first-order valence-corrected chi connectivity index (χ1v) is 9.54. The summed E-state index contributed by atoms with van der Waals surface area (Å²) < 4.78 is 41.6. The van der Waals surface area contributed by atoms with Crippen LogP contribution in [0.2, 0.25) is 0 Å². The van der Waals surface area contributed by atoms with E-state index in [-0.39, 0.29) is 36.3 Å². The summed E-state index contributed by atoms with van der Waals surface area (Å²) in [5, 5.41) is 3.20. The second-order valence-electron chi connectivity index (χ2n) is 7.68. The molecule has 156 valence electrons. The number of nitrogens with zero attached hydrogens (tertiary/aromatic N) is 2. The van der Waals surface area contributed by atoms with Gasteiger partial charge in [0.25, 0.3) is 0 Å². The van der Waals surface area contributed by atoms with E-state index in [4.69, 9.17) is 5.73 Å². The minimum absolute atomic E-state index is 0.0213. The van der Waals surface area contributed by atoms with Crippen LogP contribution in [0.1, 0.15) is 31.2 Å². The van der Waals surface area contributed by atoms with Crippen molar-refractivity contribution in [3.05, 3.63) is 29.8 Å². The van der Waals surface area contributed by atoms with Gasteiger partial charge in [-0.2, -0.15) is 0 Å². The van der Waals surface area contributed by atoms with E-state index in [9.17, 15) is 18.0 Å². The maximum absolute atomic E-state index is 13.2. The molecule has 1 saturated carbocycles. The zero-order valence-electron chi connectivity index (χ0n) is 15.9. The largest absolute Gasteiger partial charge is 0.573 e. The van der Waals surface area contributed by atoms with Gasteiger partial charge in [0.05, 0.1) is 0 Å². The van der Waals surface area contributed by atoms with Crippen LogP contribution in [-0.2, 0) is 11.3 Å². The first kappa shape index (κ1) is 20.9. The third-order valence-electron chi connectivity index (χ3n) is 5.35. The Morgan fingerprint density at radius 3 is 2.64 bits per heavy atom. The zero-order chi connectivity index (χ0) is 20.3. The van der Waals surface area contributed by atoms with Crippen LogP contribution in [0.5, 0.6) is 5.75 Å². The lowest BCUT2D eigenvalue weighted by molar-refractivity contribution is -0.274. The van der Waals surface area contributed by atoms with Crippen molar-refractivity contribution < 1.29 is 22.7 Å². The lowest BCUT2D eigenvalue weighted by atomic mass is 9.90. The van der Waals surface area contributed by atoms with Gasteiger partial charge in [0.2, 0.25) is 5.91 Å². The molecule has 1 aromatic rings. The predicted octanol–water partition coefficient (Wildman–Crippen LogP) is 2.04. The number of alkyl halides is 3. The van der Waals surface area contributed by atoms with Crippen LogP contribution in [0, 0.1) is 0 Å². The Bertz CT molecular complexity index is 677. The summed E-state index contributed by atoms with van der Waals surface area (Å²) in [6.45, 7) is 1.49. The molecule has 3 N–H and O–H groups in total. The van der Waals surface area contributed by atoms with E-state index in [2.05, 4.69) is 10.1 Å². The summed E-state index contributed by atoms with van der Waals surface area (Å²) in [6, 6.07) is 5.70. The van der Waals surface area contributed by atoms with Gasteiger partial charge in [-0.05, 0) is 50.4 Å². The monoisotopic (exact) mass is 400 g/mol. The molecule has 1 atom stereocenters. The van der Waals surface area contributed by atoms with Crippen LogP contribution in [0.25, 0.3) is 0 Å². The Balaban J connectivity index is 1.77. The highest BCUT2D eigenvalue weighted by molar-refractivity contribution is 5.82. The Morgan fingerprint density at radius 1 is 1.32 bits per heavy atom. The molecule has 0 aromatic heterocycles. The number of halogens is 3. The maximum atomic E-state index is 13.2. The SMILES string of the molecule is CN1CNC(C(=O)N(Cc2cccc(OC(F)(F)F)c2)[C@H]2CC[C@@H](N)CC2)C1. The second kappa shape index (κ2) is 8.67. The van der Waals surface area contributed by atoms with Crippen molar-refractivity contribution in [1.29, 1.82) is 0 Å². The van der Waals surface area contributed by atoms with Gasteiger partial charge in [0.1, 0.15) is 11.8 Å². The summed E-state index contributed by atoms with van der Waals surface area (Å²) in [5.41, 5.74) is 6.61. The molecule has 1 heterocycles. The van der Waals surface area contributed by atoms with E-state index in [0.29, 0.717) is 18.8 Å². The molecule has 2 fully saturated rings. The van der Waals surface area contributed by atoms with Gasteiger partial charge in [-0.1, -0.05) is 12.1 Å². The standard InChI is InChI=1S/C19H27F3N4O2/c1-25-11-17(24-12-25)18(27)26(15-7-5-14(23)6-8-15)10-13-3-2-4-16(9-13)28-19(20,21)22/h2-4,9,14-15,17,24H,5-8,10-12,23H2,1H3/t14-,15+,17?. The van der Waals surface area contributed by atoms with Gasteiger partial charge < -0.3 is 15.4 Å². The van der Waals surface area contributed by atoms with Crippen molar-refractivity contribution in [2.75, 3.05) is 20.3 Å². The number of carbonyl (C=O) groups is 1. The summed E-state index contributed by atoms with van der Waals surface area (Å²) >= 11 is 0. The molecule has 1 saturated heterocycles. The van der Waals surface area contributed by atoms with Crippen molar-refractivity contribution >= 4 is 5.91 Å². The van der Waals surface area contributed by atoms with Crippen molar-refractivity contribution in [1.82, 2.24) is 15.1 Å². The minimum atomic E-state index is -4.74. The second-order valence-corrected chi connectivity index (χ2v) is 7.68. The van der Waals surface area contributed by atoms with Crippen LogP contribution in [0.15, 0.2) is 24.3 Å². The number of nitrogens with two attached hydrogens (primary N) is 1. The van der Waals surface area contributed by atoms with E-state index < -0.39 is 6.36 Å². The normalized spacial score (nSPS) is 26.2. The Labute approximate surface area is 162 Å². The molecular formula is C19H27F3N4O2. The third-order valence-corrected chi connectivity index (χ3v) is 5.35. The zero-order valence-corrected chi connectivity index (χ0v) is 15.9. The number of hydrogen-bond acceptors (Lipinski definition) is 5. The molecule has 1 aliphatic heterocycles. The van der Waals surface area contributed by atoms with Crippen molar-refractivity contribution in [2.45, 2.75) is 56.7 Å². The van der Waals surface area contributed by atoms with Gasteiger partial charge in [0, 0.05) is 31.8 Å². The molecule has 1 unspecified atom stereocenters. The fraction of sp³-hybridized carbons (Fsp3) is 0.632. The van der Waals surface area contributed by atoms with E-state index in [0.717, 1.165) is 25.7 Å². The fourth-order valence-corrected chi connectivity index (χ4v) is 3.91. The summed E-state index contributed by atoms with van der Waals surface area (Å²) in [6.07, 6.45) is -1.47. The number of likely N-dealkylation sites (N-methyl/N-ethyl adjacent to an activating group) is 1. The van der Waals surface area contributed by atoms with E-state index in [1.807, 2.05) is 11.9 Å². The molecule has 1 amide bonds. The highest BCUT2D eigenvalue weighted by Gasteiger charge is 2.35. The molecule has 1 aliphatic carbocycles. The Morgan fingerprint density at radius 2 is 2.04 bits per heavy atom. The average Bonchev–Trinajstić information content (AvgIpc) is 3.05. The highest BCUT2D eigenvalue weighted by atomic mass is 19.4. The molecule has 1 aromatic carbocycles. The van der Waals surface area contributed by atoms with E-state index in [1.165, 1.54) is 18.2 Å². The van der Waals surface area contributed by atoms with Crippen LogP contribution >= 0.6 is 0 Å². The molecule has 28 heavy (non-hydrogen) atoms. The molecular weight excluding hydrogens is 373 g/mol. The van der Waals surface area contributed by atoms with Crippen LogP contribution in [0.4, 0.5) is 13.2 Å². The fourth-order valence-electron chi connectivity index (χ4n) is 3.91. The van der Waals surface area contributed by atoms with Crippen LogP contribution < -0.4 is 15.8 Å². The van der Waals surface area contributed by atoms with Crippen molar-refractivity contribution in [2.24, 2.45) is 5.73 Å². The summed E-state index contributed by atoms with van der Waals surface area (Å²) in [4.78, 5) is 17.0. The molecule has 0 spiro atoms. The lowest BCUT2D eigenvalue weighted by Crippen LogP contribution is -2.50. The highest BCUT2D eigenvalue weighted by Crippen LogP contribution is 2.27. The Hall–Kier alpha value is -1.84. The third kappa shape index (κ3) is 5.59. The first-order valence-electron chi connectivity index (χ1n) is 9.54. The first-order chi connectivity index (χ1) is 13.2. The summed E-state index contributed by atoms with van der Waals surface area (Å²) in [7, 11) is 1.93. The van der Waals surface area contributed by atoms with Gasteiger partial charge in [-0.3, -0.25) is 15.0 Å². The average molecular weight is 400 g/mol. The van der Waals surface area contributed by atoms with Gasteiger partial charge >= 0.3 is 6.36 Å². The van der Waals surface area contributed by atoms with E-state index >= 15 is 0 Å². The number of carbonyl (C=O) groups excluding carboxylic acids is 1. The minimum Gasteiger partial charge on any atom is -0.406 e. The van der Waals surface area contributed by atoms with Gasteiger partial charge in [0.15, 0.2) is 0 Å². The molecule has 0 bridgehead atoms. The van der Waals surface area contributed by atoms with E-state index in [1.54, 1.807) is 11.0 Å². The maximum Gasteiger partial charge on any atom is 0.573 e. The van der Waals surface area contributed by atoms with Crippen molar-refractivity contribution in [3.63, 3.8) is 0 Å². The number of ether oxygens (including phenoxy) is 1. The lowest BCUT2D eigenvalue weighted by Gasteiger charge is -2.37. The number of benzene rings is 1.